The van der Waals surface area contributed by atoms with Gasteiger partial charge in [-0.2, -0.15) is 22.6 Å². The van der Waals surface area contributed by atoms with Crippen LogP contribution in [0.5, 0.6) is 0 Å². The van der Waals surface area contributed by atoms with Crippen LogP contribution in [0.4, 0.5) is 13.2 Å². The normalized spacial score (nSPS) is 18.4. The molecule has 2 aliphatic heterocycles. The molecule has 4 aromatic rings. The first-order chi connectivity index (χ1) is 20.0. The van der Waals surface area contributed by atoms with Crippen molar-refractivity contribution < 1.29 is 26.7 Å². The summed E-state index contributed by atoms with van der Waals surface area (Å²) in [4.78, 5) is 6.75. The van der Waals surface area contributed by atoms with E-state index in [1.165, 1.54) is 16.4 Å². The Balaban J connectivity index is 1.17. The van der Waals surface area contributed by atoms with Gasteiger partial charge in [0.15, 0.2) is 0 Å². The summed E-state index contributed by atoms with van der Waals surface area (Å²) in [5.41, 5.74) is 3.70. The molecule has 1 fully saturated rings. The lowest BCUT2D eigenvalue weighted by atomic mass is 10.0. The number of nitrogens with zero attached hydrogens (tertiary/aromatic N) is 6. The Morgan fingerprint density at radius 1 is 1.02 bits per heavy atom. The average molecular weight is 603 g/mol. The minimum absolute atomic E-state index is 0.0804. The van der Waals surface area contributed by atoms with E-state index in [1.807, 2.05) is 24.5 Å². The summed E-state index contributed by atoms with van der Waals surface area (Å²) in [5.74, 6) is 0. The van der Waals surface area contributed by atoms with Crippen molar-refractivity contribution in [1.82, 2.24) is 28.5 Å². The van der Waals surface area contributed by atoms with E-state index in [1.54, 1.807) is 4.68 Å². The number of para-hydroxylation sites is 2. The highest BCUT2D eigenvalue weighted by Crippen LogP contribution is 2.34. The zero-order chi connectivity index (χ0) is 29.6. The maximum absolute atomic E-state index is 13.1. The zero-order valence-electron chi connectivity index (χ0n) is 23.2. The number of piperidine rings is 1. The minimum atomic E-state index is -4.46. The van der Waals surface area contributed by atoms with Crippen LogP contribution in [0, 0.1) is 0 Å². The Morgan fingerprint density at radius 2 is 1.74 bits per heavy atom. The van der Waals surface area contributed by atoms with Gasteiger partial charge in [0.1, 0.15) is 0 Å². The van der Waals surface area contributed by atoms with Gasteiger partial charge >= 0.3 is 6.18 Å². The Hall–Kier alpha value is -3.26. The van der Waals surface area contributed by atoms with Gasteiger partial charge in [-0.1, -0.05) is 24.3 Å². The predicted octanol–water partition coefficient (Wildman–Crippen LogP) is 3.93. The summed E-state index contributed by atoms with van der Waals surface area (Å²) in [5, 5.41) is 15.8. The van der Waals surface area contributed by atoms with Crippen LogP contribution >= 0.6 is 0 Å². The molecule has 0 radical (unpaired) electrons. The summed E-state index contributed by atoms with van der Waals surface area (Å²) < 4.78 is 69.3. The molecule has 9 nitrogen and oxygen atoms in total. The smallest absolute Gasteiger partial charge is 0.390 e. The van der Waals surface area contributed by atoms with Crippen LogP contribution in [-0.4, -0.2) is 80.6 Å². The van der Waals surface area contributed by atoms with Crippen LogP contribution in [0.15, 0.2) is 54.9 Å². The Bertz CT molecular complexity index is 1670. The average Bonchev–Trinajstić information content (AvgIpc) is 3.54. The molecular formula is C29H33F3N6O3S. The predicted molar refractivity (Wildman–Crippen MR) is 152 cm³/mol. The van der Waals surface area contributed by atoms with Crippen molar-refractivity contribution in [3.63, 3.8) is 0 Å². The molecule has 42 heavy (non-hydrogen) atoms. The molecule has 2 aliphatic rings. The van der Waals surface area contributed by atoms with E-state index >= 15 is 0 Å². The van der Waals surface area contributed by atoms with Crippen LogP contribution in [0.1, 0.15) is 35.7 Å². The van der Waals surface area contributed by atoms with Gasteiger partial charge in [-0.15, -0.1) is 0 Å². The quantitative estimate of drug-likeness (QED) is 0.345. The van der Waals surface area contributed by atoms with Gasteiger partial charge in [0.2, 0.25) is 10.0 Å². The van der Waals surface area contributed by atoms with Gasteiger partial charge in [-0.05, 0) is 37.1 Å². The number of hydrogen-bond donors (Lipinski definition) is 1. The topological polar surface area (TPSA) is 96.5 Å². The SMILES string of the molecule is CS(=O)(=O)N1CCc2c(c(-c3ccc(C(F)(F)F)cc3)nn2CC(O)CN2CCC(n3cnc4ccccc43)CC2)C1. The summed E-state index contributed by atoms with van der Waals surface area (Å²) in [6.45, 7) is 2.66. The van der Waals surface area contributed by atoms with Crippen LogP contribution in [-0.2, 0) is 35.7 Å². The molecule has 2 aromatic heterocycles. The number of aliphatic hydroxyl groups excluding tert-OH is 1. The highest BCUT2D eigenvalue weighted by atomic mass is 32.2. The molecule has 0 spiro atoms. The van der Waals surface area contributed by atoms with Crippen LogP contribution < -0.4 is 0 Å². The molecule has 1 N–H and O–H groups in total. The van der Waals surface area contributed by atoms with Crippen LogP contribution in [0.2, 0.25) is 0 Å². The molecule has 1 atom stereocenters. The first-order valence-electron chi connectivity index (χ1n) is 14.0. The van der Waals surface area contributed by atoms with E-state index in [-0.39, 0.29) is 19.6 Å². The van der Waals surface area contributed by atoms with E-state index in [2.05, 4.69) is 20.5 Å². The number of likely N-dealkylation sites (tertiary alicyclic amines) is 1. The second-order valence-corrected chi connectivity index (χ2v) is 13.2. The minimum Gasteiger partial charge on any atom is -0.390 e. The molecule has 1 saturated heterocycles. The largest absolute Gasteiger partial charge is 0.416 e. The molecule has 6 rings (SSSR count). The highest BCUT2D eigenvalue weighted by Gasteiger charge is 2.33. The first-order valence-corrected chi connectivity index (χ1v) is 15.9. The number of rotatable bonds is 7. The highest BCUT2D eigenvalue weighted by molar-refractivity contribution is 7.88. The molecule has 4 heterocycles. The second kappa shape index (κ2) is 11.1. The van der Waals surface area contributed by atoms with E-state index in [9.17, 15) is 26.7 Å². The standard InChI is InChI=1S/C29H33F3N6O3S/c1-42(40,41)36-15-12-26-24(18-36)28(20-6-8-21(9-7-20)29(30,31)32)34-38(26)17-23(39)16-35-13-10-22(11-14-35)37-19-33-25-4-2-3-5-27(25)37/h2-9,19,22-23,39H,10-18H2,1H3. The number of β-amino-alcohol motifs (C(OH)–C–C–N with tert-alkyl or cyclic N) is 1. The second-order valence-electron chi connectivity index (χ2n) is 11.2. The number of imidazole rings is 1. The third-order valence-corrected chi connectivity index (χ3v) is 9.59. The Labute approximate surface area is 242 Å². The molecule has 1 unspecified atom stereocenters. The summed E-state index contributed by atoms with van der Waals surface area (Å²) in [7, 11) is -3.47. The van der Waals surface area contributed by atoms with Crippen molar-refractivity contribution >= 4 is 21.1 Å². The maximum atomic E-state index is 13.1. The van der Waals surface area contributed by atoms with Crippen LogP contribution in [0.25, 0.3) is 22.3 Å². The Morgan fingerprint density at radius 3 is 2.43 bits per heavy atom. The zero-order valence-corrected chi connectivity index (χ0v) is 24.0. The molecule has 0 amide bonds. The van der Waals surface area contributed by atoms with Crippen LogP contribution in [0.3, 0.4) is 0 Å². The van der Waals surface area contributed by atoms with Crippen molar-refractivity contribution in [2.45, 2.75) is 50.7 Å². The van der Waals surface area contributed by atoms with Crippen molar-refractivity contribution in [3.8, 4) is 11.3 Å². The molecule has 224 valence electrons. The Kier molecular flexibility index (Phi) is 7.62. The third kappa shape index (κ3) is 5.83. The monoisotopic (exact) mass is 602 g/mol. The van der Waals surface area contributed by atoms with Crippen molar-refractivity contribution in [2.24, 2.45) is 0 Å². The van der Waals surface area contributed by atoms with Gasteiger partial charge in [0.25, 0.3) is 0 Å². The third-order valence-electron chi connectivity index (χ3n) is 8.34. The van der Waals surface area contributed by atoms with E-state index < -0.39 is 27.9 Å². The van der Waals surface area contributed by atoms with Crippen molar-refractivity contribution in [1.29, 1.82) is 0 Å². The van der Waals surface area contributed by atoms with E-state index in [4.69, 9.17) is 5.10 Å². The van der Waals surface area contributed by atoms with Gasteiger partial charge in [0.05, 0.1) is 47.5 Å². The molecule has 0 aliphatic carbocycles. The molecule has 2 aromatic carbocycles. The molecule has 13 heteroatoms. The number of fused-ring (bicyclic) bond motifs is 2. The number of alkyl halides is 3. The van der Waals surface area contributed by atoms with Gasteiger partial charge in [-0.25, -0.2) is 13.4 Å². The van der Waals surface area contributed by atoms with E-state index in [0.717, 1.165) is 61.0 Å². The number of aliphatic hydroxyl groups is 1. The lowest BCUT2D eigenvalue weighted by molar-refractivity contribution is -0.137. The number of halogens is 3. The molecular weight excluding hydrogens is 569 g/mol. The molecule has 0 bridgehead atoms. The van der Waals surface area contributed by atoms with Gasteiger partial charge in [-0.3, -0.25) is 4.68 Å². The summed E-state index contributed by atoms with van der Waals surface area (Å²) >= 11 is 0. The van der Waals surface area contributed by atoms with Crippen molar-refractivity contribution in [2.75, 3.05) is 32.4 Å². The fourth-order valence-corrected chi connectivity index (χ4v) is 6.94. The lowest BCUT2D eigenvalue weighted by Gasteiger charge is -2.34. The number of aromatic nitrogens is 4. The molecule has 0 saturated carbocycles. The fourth-order valence-electron chi connectivity index (χ4n) is 6.15. The lowest BCUT2D eigenvalue weighted by Crippen LogP contribution is -2.41. The maximum Gasteiger partial charge on any atom is 0.416 e. The fraction of sp³-hybridized carbons (Fsp3) is 0.448. The van der Waals surface area contributed by atoms with Gasteiger partial charge in [0, 0.05) is 62.0 Å². The van der Waals surface area contributed by atoms with Gasteiger partial charge < -0.3 is 14.6 Å². The number of sulfonamides is 1. The summed E-state index contributed by atoms with van der Waals surface area (Å²) in [6.07, 6.45) is 0.117. The summed E-state index contributed by atoms with van der Waals surface area (Å²) in [6, 6.07) is 13.2. The number of hydrogen-bond acceptors (Lipinski definition) is 6. The van der Waals surface area contributed by atoms with E-state index in [0.29, 0.717) is 35.8 Å². The number of benzene rings is 2. The van der Waals surface area contributed by atoms with Crippen molar-refractivity contribution in [3.05, 3.63) is 71.7 Å². The first kappa shape index (κ1) is 28.8.